The fourth-order valence-corrected chi connectivity index (χ4v) is 0. The minimum atomic E-state index is -4.62. The zero-order valence-electron chi connectivity index (χ0n) is 5.35. The Balaban J connectivity index is 0. The van der Waals surface area contributed by atoms with E-state index in [1.807, 2.05) is 0 Å². The minimum absolute atomic E-state index is 0.692. The lowest BCUT2D eigenvalue weighted by molar-refractivity contribution is -0.142. The highest BCUT2D eigenvalue weighted by atomic mass is 28.1. The summed E-state index contributed by atoms with van der Waals surface area (Å²) in [6.07, 6.45) is -4.62. The summed E-state index contributed by atoms with van der Waals surface area (Å²) in [5.41, 5.74) is 0. The molecule has 0 aromatic rings. The maximum absolute atomic E-state index is 10.4. The van der Waals surface area contributed by atoms with Crippen LogP contribution < -0.4 is 0 Å². The Labute approximate surface area is 60.8 Å². The monoisotopic (exact) mass is 202 g/mol. The molecule has 0 saturated carbocycles. The Kier molecular flexibility index (Phi) is 5.54. The first-order valence-electron chi connectivity index (χ1n) is 2.25. The first-order chi connectivity index (χ1) is 4.56. The molecule has 0 aliphatic rings. The molecule has 0 aromatic heterocycles. The fourth-order valence-electron chi connectivity index (χ4n) is 0. The van der Waals surface area contributed by atoms with Crippen molar-refractivity contribution < 1.29 is 30.7 Å². The average molecular weight is 202 g/mol. The third-order valence-corrected chi connectivity index (χ3v) is 0.152. The highest BCUT2D eigenvalue weighted by Gasteiger charge is 2.26. The summed E-state index contributed by atoms with van der Waals surface area (Å²) in [5, 5.41) is 0. The lowest BCUT2D eigenvalue weighted by Gasteiger charge is -1.93. The van der Waals surface area contributed by atoms with Crippen LogP contribution in [-0.2, 0) is 0 Å². The summed E-state index contributed by atoms with van der Waals surface area (Å²) >= 11 is 0. The number of alkyl halides is 7. The molecule has 0 atom stereocenters. The van der Waals surface area contributed by atoms with Gasteiger partial charge in [-0.2, -0.15) is 26.3 Å². The fraction of sp³-hybridized carbons (Fsp3) is 1.00. The molecule has 0 aliphatic heterocycles. The summed E-state index contributed by atoms with van der Waals surface area (Å²) in [7, 11) is -0.692. The van der Waals surface area contributed by atoms with Gasteiger partial charge in [-0.05, 0) is 0 Å². The smallest absolute Gasteiger partial charge is 0.241 e. The summed E-state index contributed by atoms with van der Waals surface area (Å²) in [5.74, 6) is -3.86. The molecule has 0 amide bonds. The molecule has 0 radical (unpaired) electrons. The molecular formula is C3H5F7Si. The summed E-state index contributed by atoms with van der Waals surface area (Å²) in [6, 6.07) is 0. The molecule has 0 nitrogen and oxygen atoms in total. The highest BCUT2D eigenvalue weighted by molar-refractivity contribution is 6.11. The first-order valence-corrected chi connectivity index (χ1v) is 3.25. The van der Waals surface area contributed by atoms with Crippen molar-refractivity contribution in [2.24, 2.45) is 0 Å². The van der Waals surface area contributed by atoms with E-state index in [1.165, 1.54) is 0 Å². The van der Waals surface area contributed by atoms with Crippen molar-refractivity contribution in [3.8, 4) is 0 Å². The molecule has 70 valence electrons. The molecule has 0 spiro atoms. The zero-order valence-corrected chi connectivity index (χ0v) is 7.35. The van der Waals surface area contributed by atoms with Gasteiger partial charge in [0, 0.05) is 0 Å². The quantitative estimate of drug-likeness (QED) is 0.411. The van der Waals surface area contributed by atoms with Crippen molar-refractivity contribution in [1.82, 2.24) is 0 Å². The molecule has 11 heavy (non-hydrogen) atoms. The maximum Gasteiger partial charge on any atom is 0.416 e. The molecule has 0 rings (SSSR count). The van der Waals surface area contributed by atoms with Crippen LogP contribution in [0.4, 0.5) is 30.7 Å². The van der Waals surface area contributed by atoms with Gasteiger partial charge in [-0.3, -0.25) is 0 Å². The van der Waals surface area contributed by atoms with Gasteiger partial charge in [0.1, 0.15) is 10.2 Å². The van der Waals surface area contributed by atoms with Crippen LogP contribution >= 0.6 is 0 Å². The molecule has 0 fully saturated rings. The Morgan fingerprint density at radius 3 is 1.00 bits per heavy atom. The molecule has 0 N–H and O–H groups in total. The van der Waals surface area contributed by atoms with Gasteiger partial charge in [-0.25, -0.2) is 4.39 Å². The van der Waals surface area contributed by atoms with Crippen LogP contribution in [0.2, 0.25) is 0 Å². The highest BCUT2D eigenvalue weighted by Crippen LogP contribution is 2.13. The Bertz CT molecular complexity index is 84.8. The van der Waals surface area contributed by atoms with Gasteiger partial charge in [0.25, 0.3) is 0 Å². The lowest BCUT2D eigenvalue weighted by atomic mass is 10.8. The zero-order chi connectivity index (χ0) is 9.71. The molecule has 0 saturated heterocycles. The first kappa shape index (κ1) is 13.3. The third kappa shape index (κ3) is 78.1. The van der Waals surface area contributed by atoms with Gasteiger partial charge in [0.2, 0.25) is 0 Å². The molecule has 0 aliphatic carbocycles. The largest absolute Gasteiger partial charge is 0.416 e. The number of hydrogen-bond donors (Lipinski definition) is 0. The van der Waals surface area contributed by atoms with Gasteiger partial charge in [0.05, 0.1) is 0 Å². The summed E-state index contributed by atoms with van der Waals surface area (Å²) in [4.78, 5) is 0. The molecular weight excluding hydrogens is 197 g/mol. The number of hydrogen-bond acceptors (Lipinski definition) is 0. The van der Waals surface area contributed by atoms with Crippen LogP contribution in [0.3, 0.4) is 0 Å². The van der Waals surface area contributed by atoms with Crippen LogP contribution in [0, 0.1) is 0 Å². The van der Waals surface area contributed by atoms with E-state index in [4.69, 9.17) is 0 Å². The van der Waals surface area contributed by atoms with E-state index >= 15 is 0 Å². The van der Waals surface area contributed by atoms with Crippen LogP contribution in [-0.4, -0.2) is 28.9 Å². The standard InChI is InChI=1S/C2H2F4.CH3F3Si/c3-1-2(4,5)6;2-1(3,4)5/h1H2;5H3. The lowest BCUT2D eigenvalue weighted by Crippen LogP contribution is -2.08. The predicted molar refractivity (Wildman–Crippen MR) is 28.0 cm³/mol. The molecule has 0 bridgehead atoms. The second-order valence-corrected chi connectivity index (χ2v) is 2.66. The van der Waals surface area contributed by atoms with E-state index in [-0.39, 0.29) is 0 Å². The second kappa shape index (κ2) is 4.57. The summed E-state index contributed by atoms with van der Waals surface area (Å²) < 4.78 is 72.9. The SMILES string of the molecule is FC(F)(F)[SiH3].FCC(F)(F)F. The molecule has 0 unspecified atom stereocenters. The molecule has 8 heteroatoms. The van der Waals surface area contributed by atoms with Gasteiger partial charge in [-0.15, -0.1) is 0 Å². The van der Waals surface area contributed by atoms with Crippen molar-refractivity contribution in [2.75, 3.05) is 6.67 Å². The van der Waals surface area contributed by atoms with E-state index < -0.39 is 28.9 Å². The predicted octanol–water partition coefficient (Wildman–Crippen LogP) is 1.39. The maximum atomic E-state index is 10.4. The van der Waals surface area contributed by atoms with Gasteiger partial charge in [-0.1, -0.05) is 0 Å². The number of rotatable bonds is 0. The topological polar surface area (TPSA) is 0 Å². The normalized spacial score (nSPS) is 12.3. The summed E-state index contributed by atoms with van der Waals surface area (Å²) in [6.45, 7) is -2.23. The van der Waals surface area contributed by atoms with E-state index in [1.54, 1.807) is 0 Å². The van der Waals surface area contributed by atoms with E-state index in [9.17, 15) is 30.7 Å². The Morgan fingerprint density at radius 1 is 0.909 bits per heavy atom. The van der Waals surface area contributed by atoms with Crippen LogP contribution in [0.25, 0.3) is 0 Å². The number of halogens is 7. The van der Waals surface area contributed by atoms with Gasteiger partial charge >= 0.3 is 12.0 Å². The van der Waals surface area contributed by atoms with Gasteiger partial charge in [0.15, 0.2) is 6.67 Å². The van der Waals surface area contributed by atoms with Crippen molar-refractivity contribution in [1.29, 1.82) is 0 Å². The van der Waals surface area contributed by atoms with Crippen LogP contribution in [0.15, 0.2) is 0 Å². The van der Waals surface area contributed by atoms with Crippen molar-refractivity contribution in [2.45, 2.75) is 12.0 Å². The third-order valence-electron chi connectivity index (χ3n) is 0.152. The average Bonchev–Trinajstić information content (AvgIpc) is 1.59. The van der Waals surface area contributed by atoms with Crippen LogP contribution in [0.5, 0.6) is 0 Å². The molecule has 0 heterocycles. The van der Waals surface area contributed by atoms with E-state index in [2.05, 4.69) is 0 Å². The van der Waals surface area contributed by atoms with Crippen LogP contribution in [0.1, 0.15) is 0 Å². The Hall–Kier alpha value is -0.273. The van der Waals surface area contributed by atoms with Gasteiger partial charge < -0.3 is 0 Å². The van der Waals surface area contributed by atoms with Crippen molar-refractivity contribution in [3.63, 3.8) is 0 Å². The van der Waals surface area contributed by atoms with E-state index in [0.29, 0.717) is 0 Å². The van der Waals surface area contributed by atoms with Crippen molar-refractivity contribution in [3.05, 3.63) is 0 Å². The minimum Gasteiger partial charge on any atom is -0.241 e. The molecule has 0 aromatic carbocycles. The Morgan fingerprint density at radius 2 is 1.00 bits per heavy atom. The van der Waals surface area contributed by atoms with Crippen molar-refractivity contribution >= 4 is 10.2 Å². The second-order valence-electron chi connectivity index (χ2n) is 1.53. The van der Waals surface area contributed by atoms with E-state index in [0.717, 1.165) is 0 Å².